The van der Waals surface area contributed by atoms with Gasteiger partial charge in [-0.2, -0.15) is 0 Å². The van der Waals surface area contributed by atoms with E-state index in [9.17, 15) is 4.79 Å². The van der Waals surface area contributed by atoms with Gasteiger partial charge in [0.1, 0.15) is 0 Å². The molecule has 0 aliphatic heterocycles. The maximum absolute atomic E-state index is 12.3. The van der Waals surface area contributed by atoms with Crippen molar-refractivity contribution in [1.29, 1.82) is 0 Å². The van der Waals surface area contributed by atoms with Crippen LogP contribution in [0.1, 0.15) is 42.6 Å². The molecule has 3 nitrogen and oxygen atoms in total. The van der Waals surface area contributed by atoms with Gasteiger partial charge in [-0.25, -0.2) is 0 Å². The van der Waals surface area contributed by atoms with Gasteiger partial charge in [-0.3, -0.25) is 4.79 Å². The first-order valence-electron chi connectivity index (χ1n) is 6.81. The quantitative estimate of drug-likeness (QED) is 0.805. The van der Waals surface area contributed by atoms with Gasteiger partial charge >= 0.3 is 0 Å². The van der Waals surface area contributed by atoms with Crippen LogP contribution in [0, 0.1) is 0 Å². The Kier molecular flexibility index (Phi) is 6.44. The Morgan fingerprint density at radius 3 is 2.11 bits per heavy atom. The highest BCUT2D eigenvalue weighted by Crippen LogP contribution is 2.09. The molecule has 1 aromatic carbocycles. The lowest BCUT2D eigenvalue weighted by Gasteiger charge is -2.21. The van der Waals surface area contributed by atoms with Crippen molar-refractivity contribution in [1.82, 2.24) is 4.90 Å². The van der Waals surface area contributed by atoms with Crippen molar-refractivity contribution in [2.24, 2.45) is 5.73 Å². The summed E-state index contributed by atoms with van der Waals surface area (Å²) in [6.45, 7) is 6.50. The summed E-state index contributed by atoms with van der Waals surface area (Å²) >= 11 is 0. The molecular formula is C15H24N2O. The highest BCUT2D eigenvalue weighted by atomic mass is 16.2. The molecule has 0 atom stereocenters. The van der Waals surface area contributed by atoms with Crippen LogP contribution >= 0.6 is 0 Å². The summed E-state index contributed by atoms with van der Waals surface area (Å²) in [4.78, 5) is 14.2. The van der Waals surface area contributed by atoms with Gasteiger partial charge in [0.15, 0.2) is 0 Å². The Balaban J connectivity index is 2.74. The summed E-state index contributed by atoms with van der Waals surface area (Å²) in [6, 6.07) is 7.81. The lowest BCUT2D eigenvalue weighted by atomic mass is 10.1. The zero-order valence-corrected chi connectivity index (χ0v) is 11.5. The third-order valence-corrected chi connectivity index (χ3v) is 2.91. The number of nitrogens with zero attached hydrogens (tertiary/aromatic N) is 1. The van der Waals surface area contributed by atoms with Crippen LogP contribution in [0.2, 0.25) is 0 Å². The molecule has 0 aliphatic rings. The van der Waals surface area contributed by atoms with Crippen LogP contribution in [0.25, 0.3) is 0 Å². The summed E-state index contributed by atoms with van der Waals surface area (Å²) in [5.74, 6) is 0.137. The second kappa shape index (κ2) is 7.88. The van der Waals surface area contributed by atoms with Crippen molar-refractivity contribution in [2.75, 3.05) is 19.6 Å². The zero-order valence-electron chi connectivity index (χ0n) is 11.5. The Morgan fingerprint density at radius 2 is 1.67 bits per heavy atom. The van der Waals surface area contributed by atoms with Crippen molar-refractivity contribution >= 4 is 5.91 Å². The lowest BCUT2D eigenvalue weighted by Crippen LogP contribution is -2.32. The summed E-state index contributed by atoms with van der Waals surface area (Å²) in [6.07, 6.45) is 2.86. The summed E-state index contributed by atoms with van der Waals surface area (Å²) in [5, 5.41) is 0. The van der Waals surface area contributed by atoms with Gasteiger partial charge in [-0.1, -0.05) is 26.0 Å². The van der Waals surface area contributed by atoms with Crippen molar-refractivity contribution in [3.8, 4) is 0 Å². The Morgan fingerprint density at radius 1 is 1.11 bits per heavy atom. The lowest BCUT2D eigenvalue weighted by molar-refractivity contribution is 0.0755. The molecular weight excluding hydrogens is 224 g/mol. The van der Waals surface area contributed by atoms with Gasteiger partial charge in [-0.05, 0) is 43.5 Å². The molecule has 2 N–H and O–H groups in total. The smallest absolute Gasteiger partial charge is 0.253 e. The monoisotopic (exact) mass is 248 g/mol. The highest BCUT2D eigenvalue weighted by molar-refractivity contribution is 5.94. The van der Waals surface area contributed by atoms with E-state index in [4.69, 9.17) is 5.73 Å². The van der Waals surface area contributed by atoms with E-state index in [1.54, 1.807) is 0 Å². The number of carbonyl (C=O) groups excluding carboxylic acids is 1. The van der Waals surface area contributed by atoms with E-state index in [0.717, 1.165) is 37.9 Å². The minimum atomic E-state index is 0.137. The van der Waals surface area contributed by atoms with E-state index >= 15 is 0 Å². The van der Waals surface area contributed by atoms with Crippen LogP contribution in [0.15, 0.2) is 24.3 Å². The second-order valence-electron chi connectivity index (χ2n) is 4.53. The number of amides is 1. The fraction of sp³-hybridized carbons (Fsp3) is 0.533. The van der Waals surface area contributed by atoms with Gasteiger partial charge in [0, 0.05) is 18.7 Å². The molecule has 0 spiro atoms. The van der Waals surface area contributed by atoms with Crippen molar-refractivity contribution in [3.63, 3.8) is 0 Å². The van der Waals surface area contributed by atoms with E-state index in [-0.39, 0.29) is 5.91 Å². The van der Waals surface area contributed by atoms with Crippen LogP contribution in [0.3, 0.4) is 0 Å². The molecule has 0 bridgehead atoms. The third-order valence-electron chi connectivity index (χ3n) is 2.91. The fourth-order valence-corrected chi connectivity index (χ4v) is 2.02. The number of nitrogens with two attached hydrogens (primary N) is 1. The molecule has 0 fully saturated rings. The van der Waals surface area contributed by atoms with Gasteiger partial charge < -0.3 is 10.6 Å². The fourth-order valence-electron chi connectivity index (χ4n) is 2.02. The average Bonchev–Trinajstić information content (AvgIpc) is 2.39. The Labute approximate surface area is 110 Å². The van der Waals surface area contributed by atoms with Gasteiger partial charge in [0.25, 0.3) is 5.91 Å². The molecule has 0 saturated heterocycles. The molecule has 3 heteroatoms. The molecule has 0 aromatic heterocycles. The maximum atomic E-state index is 12.3. The molecule has 0 saturated carbocycles. The number of hydrogen-bond donors (Lipinski definition) is 1. The van der Waals surface area contributed by atoms with E-state index < -0.39 is 0 Å². The molecule has 0 radical (unpaired) electrons. The zero-order chi connectivity index (χ0) is 13.4. The molecule has 18 heavy (non-hydrogen) atoms. The topological polar surface area (TPSA) is 46.3 Å². The maximum Gasteiger partial charge on any atom is 0.253 e. The van der Waals surface area contributed by atoms with Crippen LogP contribution in [0.4, 0.5) is 0 Å². The first kappa shape index (κ1) is 14.7. The molecule has 1 rings (SSSR count). The van der Waals surface area contributed by atoms with Crippen LogP contribution < -0.4 is 5.73 Å². The van der Waals surface area contributed by atoms with Crippen LogP contribution in [-0.4, -0.2) is 30.4 Å². The van der Waals surface area contributed by atoms with Crippen molar-refractivity contribution in [3.05, 3.63) is 35.4 Å². The normalized spacial score (nSPS) is 10.4. The SMILES string of the molecule is CCCN(CCC)C(=O)c1ccc(CCN)cc1. The first-order chi connectivity index (χ1) is 8.72. The first-order valence-corrected chi connectivity index (χ1v) is 6.81. The Bertz CT molecular complexity index is 353. The number of rotatable bonds is 7. The number of carbonyl (C=O) groups is 1. The molecule has 0 unspecified atom stereocenters. The third kappa shape index (κ3) is 4.15. The average molecular weight is 248 g/mol. The Hall–Kier alpha value is -1.35. The molecule has 1 aromatic rings. The number of benzene rings is 1. The summed E-state index contributed by atoms with van der Waals surface area (Å²) in [7, 11) is 0. The summed E-state index contributed by atoms with van der Waals surface area (Å²) < 4.78 is 0. The van der Waals surface area contributed by atoms with Crippen LogP contribution in [-0.2, 0) is 6.42 Å². The van der Waals surface area contributed by atoms with E-state index in [1.807, 2.05) is 29.2 Å². The molecule has 0 aliphatic carbocycles. The summed E-state index contributed by atoms with van der Waals surface area (Å²) in [5.41, 5.74) is 7.47. The van der Waals surface area contributed by atoms with Crippen LogP contribution in [0.5, 0.6) is 0 Å². The molecule has 0 heterocycles. The van der Waals surface area contributed by atoms with Gasteiger partial charge in [0.2, 0.25) is 0 Å². The van der Waals surface area contributed by atoms with Gasteiger partial charge in [0.05, 0.1) is 0 Å². The van der Waals surface area contributed by atoms with Crippen molar-refractivity contribution < 1.29 is 4.79 Å². The van der Waals surface area contributed by atoms with E-state index in [1.165, 1.54) is 5.56 Å². The minimum Gasteiger partial charge on any atom is -0.339 e. The predicted octanol–water partition coefficient (Wildman–Crippen LogP) is 2.45. The van der Waals surface area contributed by atoms with Crippen molar-refractivity contribution in [2.45, 2.75) is 33.1 Å². The highest BCUT2D eigenvalue weighted by Gasteiger charge is 2.13. The minimum absolute atomic E-state index is 0.137. The van der Waals surface area contributed by atoms with E-state index in [0.29, 0.717) is 6.54 Å². The van der Waals surface area contributed by atoms with E-state index in [2.05, 4.69) is 13.8 Å². The molecule has 100 valence electrons. The van der Waals surface area contributed by atoms with Gasteiger partial charge in [-0.15, -0.1) is 0 Å². The number of hydrogen-bond acceptors (Lipinski definition) is 2. The molecule has 1 amide bonds. The standard InChI is InChI=1S/C15H24N2O/c1-3-11-17(12-4-2)15(18)14-7-5-13(6-8-14)9-10-16/h5-8H,3-4,9-12,16H2,1-2H3. The largest absolute Gasteiger partial charge is 0.339 e. The predicted molar refractivity (Wildman–Crippen MR) is 75.7 cm³/mol. The second-order valence-corrected chi connectivity index (χ2v) is 4.53.